The molecule has 5 nitrogen and oxygen atoms in total. The first-order chi connectivity index (χ1) is 8.11. The van der Waals surface area contributed by atoms with E-state index in [1.807, 2.05) is 24.3 Å². The fraction of sp³-hybridized carbons (Fsp3) is 0.333. The lowest BCUT2D eigenvalue weighted by atomic mass is 10.1. The van der Waals surface area contributed by atoms with Crippen LogP contribution in [0.4, 0.5) is 5.69 Å². The Balaban J connectivity index is 0.00000289. The van der Waals surface area contributed by atoms with Crippen molar-refractivity contribution in [3.8, 4) is 0 Å². The molecule has 1 aromatic rings. The fourth-order valence-corrected chi connectivity index (χ4v) is 1.38. The first-order valence-electron chi connectivity index (χ1n) is 5.45. The summed E-state index contributed by atoms with van der Waals surface area (Å²) in [6.45, 7) is 2.05. The van der Waals surface area contributed by atoms with Crippen molar-refractivity contribution in [2.24, 2.45) is 5.73 Å². The number of nitrogens with one attached hydrogen (secondary N) is 2. The molecule has 2 amide bonds. The SMILES string of the molecule is CC(=O)Nc1ccc(CCNC(=O)CN)cc1.Cl. The second kappa shape index (κ2) is 8.49. The Kier molecular flexibility index (Phi) is 7.74. The molecule has 100 valence electrons. The smallest absolute Gasteiger partial charge is 0.233 e. The maximum atomic E-state index is 10.9. The van der Waals surface area contributed by atoms with E-state index in [-0.39, 0.29) is 30.8 Å². The summed E-state index contributed by atoms with van der Waals surface area (Å²) < 4.78 is 0. The van der Waals surface area contributed by atoms with Gasteiger partial charge in [-0.3, -0.25) is 9.59 Å². The van der Waals surface area contributed by atoms with E-state index in [1.165, 1.54) is 6.92 Å². The summed E-state index contributed by atoms with van der Waals surface area (Å²) in [5.74, 6) is -0.243. The zero-order valence-electron chi connectivity index (χ0n) is 10.2. The largest absolute Gasteiger partial charge is 0.355 e. The molecule has 4 N–H and O–H groups in total. The lowest BCUT2D eigenvalue weighted by Crippen LogP contribution is -2.31. The van der Waals surface area contributed by atoms with E-state index in [0.29, 0.717) is 6.54 Å². The molecule has 0 fully saturated rings. The molecular weight excluding hydrogens is 254 g/mol. The molecule has 0 saturated heterocycles. The predicted octanol–water partition coefficient (Wildman–Crippen LogP) is 0.684. The van der Waals surface area contributed by atoms with Crippen molar-refractivity contribution in [3.63, 3.8) is 0 Å². The summed E-state index contributed by atoms with van der Waals surface area (Å²) >= 11 is 0. The minimum atomic E-state index is -0.153. The average Bonchev–Trinajstić information content (AvgIpc) is 2.30. The Labute approximate surface area is 113 Å². The van der Waals surface area contributed by atoms with Crippen LogP contribution in [0.1, 0.15) is 12.5 Å². The van der Waals surface area contributed by atoms with Gasteiger partial charge in [0.1, 0.15) is 0 Å². The van der Waals surface area contributed by atoms with Gasteiger partial charge in [-0.2, -0.15) is 0 Å². The molecular formula is C12H18ClN3O2. The molecule has 0 spiro atoms. The number of hydrogen-bond acceptors (Lipinski definition) is 3. The summed E-state index contributed by atoms with van der Waals surface area (Å²) in [5, 5.41) is 5.38. The van der Waals surface area contributed by atoms with E-state index in [9.17, 15) is 9.59 Å². The van der Waals surface area contributed by atoms with Gasteiger partial charge in [-0.15, -0.1) is 12.4 Å². The topological polar surface area (TPSA) is 84.2 Å². The lowest BCUT2D eigenvalue weighted by Gasteiger charge is -2.05. The quantitative estimate of drug-likeness (QED) is 0.736. The number of halogens is 1. The summed E-state index contributed by atoms with van der Waals surface area (Å²) in [6.07, 6.45) is 0.742. The van der Waals surface area contributed by atoms with Gasteiger partial charge in [0.25, 0.3) is 0 Å². The van der Waals surface area contributed by atoms with Crippen LogP contribution < -0.4 is 16.4 Å². The fourth-order valence-electron chi connectivity index (χ4n) is 1.38. The van der Waals surface area contributed by atoms with Crippen LogP contribution in [0.25, 0.3) is 0 Å². The Bertz CT molecular complexity index is 393. The van der Waals surface area contributed by atoms with Crippen molar-refractivity contribution >= 4 is 29.9 Å². The molecule has 6 heteroatoms. The maximum absolute atomic E-state index is 10.9. The van der Waals surface area contributed by atoms with E-state index in [0.717, 1.165) is 17.7 Å². The molecule has 0 radical (unpaired) electrons. The third kappa shape index (κ3) is 6.22. The van der Waals surface area contributed by atoms with E-state index in [2.05, 4.69) is 10.6 Å². The van der Waals surface area contributed by atoms with Crippen molar-refractivity contribution in [1.82, 2.24) is 5.32 Å². The van der Waals surface area contributed by atoms with Crippen molar-refractivity contribution in [3.05, 3.63) is 29.8 Å². The third-order valence-electron chi connectivity index (χ3n) is 2.20. The van der Waals surface area contributed by atoms with Crippen LogP contribution >= 0.6 is 12.4 Å². The molecule has 0 aliphatic heterocycles. The number of hydrogen-bond donors (Lipinski definition) is 3. The van der Waals surface area contributed by atoms with Crippen LogP contribution in [-0.4, -0.2) is 24.9 Å². The van der Waals surface area contributed by atoms with Gasteiger partial charge in [0.15, 0.2) is 0 Å². The Morgan fingerprint density at radius 2 is 1.83 bits per heavy atom. The van der Waals surface area contributed by atoms with Gasteiger partial charge >= 0.3 is 0 Å². The Hall–Kier alpha value is -1.59. The van der Waals surface area contributed by atoms with Crippen LogP contribution in [-0.2, 0) is 16.0 Å². The second-order valence-electron chi connectivity index (χ2n) is 3.68. The van der Waals surface area contributed by atoms with Gasteiger partial charge < -0.3 is 16.4 Å². The van der Waals surface area contributed by atoms with E-state index in [4.69, 9.17) is 5.73 Å². The van der Waals surface area contributed by atoms with E-state index >= 15 is 0 Å². The van der Waals surface area contributed by atoms with Gasteiger partial charge in [-0.05, 0) is 24.1 Å². The van der Waals surface area contributed by atoms with Crippen LogP contribution in [0.3, 0.4) is 0 Å². The summed E-state index contributed by atoms with van der Waals surface area (Å²) in [7, 11) is 0. The van der Waals surface area contributed by atoms with Gasteiger partial charge in [-0.25, -0.2) is 0 Å². The summed E-state index contributed by atoms with van der Waals surface area (Å²) in [5.41, 5.74) is 7.03. The van der Waals surface area contributed by atoms with Gasteiger partial charge in [-0.1, -0.05) is 12.1 Å². The van der Waals surface area contributed by atoms with Crippen LogP contribution in [0.2, 0.25) is 0 Å². The number of benzene rings is 1. The van der Waals surface area contributed by atoms with Crippen molar-refractivity contribution in [1.29, 1.82) is 0 Å². The molecule has 0 saturated carbocycles. The second-order valence-corrected chi connectivity index (χ2v) is 3.68. The minimum absolute atomic E-state index is 0. The normalized spacial score (nSPS) is 9.22. The highest BCUT2D eigenvalue weighted by Gasteiger charge is 1.98. The first-order valence-corrected chi connectivity index (χ1v) is 5.45. The highest BCUT2D eigenvalue weighted by atomic mass is 35.5. The lowest BCUT2D eigenvalue weighted by molar-refractivity contribution is -0.119. The van der Waals surface area contributed by atoms with Crippen molar-refractivity contribution in [2.45, 2.75) is 13.3 Å². The monoisotopic (exact) mass is 271 g/mol. The van der Waals surface area contributed by atoms with Crippen molar-refractivity contribution in [2.75, 3.05) is 18.4 Å². The predicted molar refractivity (Wildman–Crippen MR) is 73.8 cm³/mol. The van der Waals surface area contributed by atoms with Gasteiger partial charge in [0.2, 0.25) is 11.8 Å². The molecule has 0 aliphatic carbocycles. The Morgan fingerprint density at radius 1 is 1.22 bits per heavy atom. The molecule has 0 aromatic heterocycles. The van der Waals surface area contributed by atoms with Crippen LogP contribution in [0.15, 0.2) is 24.3 Å². The highest BCUT2D eigenvalue weighted by Crippen LogP contribution is 2.09. The van der Waals surface area contributed by atoms with Gasteiger partial charge in [0, 0.05) is 19.2 Å². The van der Waals surface area contributed by atoms with E-state index in [1.54, 1.807) is 0 Å². The minimum Gasteiger partial charge on any atom is -0.355 e. The number of carbonyl (C=O) groups excluding carboxylic acids is 2. The number of nitrogens with two attached hydrogens (primary N) is 1. The Morgan fingerprint density at radius 3 is 2.33 bits per heavy atom. The standard InChI is InChI=1S/C12H17N3O2.ClH/c1-9(16)15-11-4-2-10(3-5-11)6-7-14-12(17)8-13;/h2-5H,6-8,13H2,1H3,(H,14,17)(H,15,16);1H. The van der Waals surface area contributed by atoms with Crippen molar-refractivity contribution < 1.29 is 9.59 Å². The average molecular weight is 272 g/mol. The molecule has 0 aliphatic rings. The molecule has 1 aromatic carbocycles. The molecule has 18 heavy (non-hydrogen) atoms. The number of amides is 2. The first kappa shape index (κ1) is 16.4. The van der Waals surface area contributed by atoms with Crippen LogP contribution in [0, 0.1) is 0 Å². The molecule has 0 unspecified atom stereocenters. The third-order valence-corrected chi connectivity index (χ3v) is 2.20. The van der Waals surface area contributed by atoms with E-state index < -0.39 is 0 Å². The molecule has 0 heterocycles. The molecule has 1 rings (SSSR count). The zero-order valence-corrected chi connectivity index (χ0v) is 11.0. The number of rotatable bonds is 5. The highest BCUT2D eigenvalue weighted by molar-refractivity contribution is 5.88. The molecule has 0 atom stereocenters. The summed E-state index contributed by atoms with van der Waals surface area (Å²) in [4.78, 5) is 21.7. The van der Waals surface area contributed by atoms with Crippen LogP contribution in [0.5, 0.6) is 0 Å². The molecule has 0 bridgehead atoms. The number of anilines is 1. The zero-order chi connectivity index (χ0) is 12.7. The summed E-state index contributed by atoms with van der Waals surface area (Å²) in [6, 6.07) is 7.50. The number of carbonyl (C=O) groups is 2. The maximum Gasteiger partial charge on any atom is 0.233 e. The van der Waals surface area contributed by atoms with Gasteiger partial charge in [0.05, 0.1) is 6.54 Å².